The first-order valence-electron chi connectivity index (χ1n) is 14.2. The molecule has 0 aliphatic carbocycles. The number of nitrogens with one attached hydrogen (secondary N) is 4. The number of hydrogen-bond donors (Lipinski definition) is 5. The minimum Gasteiger partial charge on any atom is -0.377 e. The van der Waals surface area contributed by atoms with E-state index in [2.05, 4.69) is 26.1 Å². The first kappa shape index (κ1) is 38.6. The van der Waals surface area contributed by atoms with Gasteiger partial charge in [-0.1, -0.05) is 13.8 Å². The maximum Gasteiger partial charge on any atom is 0.246 e. The molecule has 0 unspecified atom stereocenters. The zero-order valence-electron chi connectivity index (χ0n) is 24.7. The summed E-state index contributed by atoms with van der Waals surface area (Å²) in [6.45, 7) is 7.70. The first-order chi connectivity index (χ1) is 19.9. The molecule has 0 aromatic rings. The smallest absolute Gasteiger partial charge is 0.246 e. The Hall–Kier alpha value is -2.40. The van der Waals surface area contributed by atoms with Gasteiger partial charge in [0.2, 0.25) is 23.6 Å². The predicted octanol–water partition coefficient (Wildman–Crippen LogP) is -1.22. The number of amides is 4. The van der Waals surface area contributed by atoms with Gasteiger partial charge in [-0.15, -0.1) is 0 Å². The Morgan fingerprint density at radius 1 is 0.585 bits per heavy atom. The molecule has 0 aliphatic rings. The summed E-state index contributed by atoms with van der Waals surface area (Å²) in [5.74, 6) is 4.36. The molecule has 15 nitrogen and oxygen atoms in total. The number of rotatable bonds is 29. The van der Waals surface area contributed by atoms with Gasteiger partial charge in [0, 0.05) is 45.4 Å². The topological polar surface area (TPSA) is 198 Å². The normalized spacial score (nSPS) is 10.9. The highest BCUT2D eigenvalue weighted by Crippen LogP contribution is 1.97. The molecule has 240 valence electrons. The van der Waals surface area contributed by atoms with Gasteiger partial charge in [0.25, 0.3) is 0 Å². The lowest BCUT2D eigenvalue weighted by Crippen LogP contribution is -2.36. The standard InChI is InChI=1S/C26H51N5O10/c1-3-23(32)30-10-13-36-15-17-38-19-22(20-39-18-16-37-14-11-31-24(33)4-2)40-21-26(35)29-9-7-25(34)28-8-5-6-12-41-27/h22H,3-21,27H2,1-2H3,(H,28,34)(H,29,35)(H,30,32)(H,31,33). The SMILES string of the molecule is CCC(=O)NCCOCCOCC(COCCOCCNC(=O)CC)OCC(=O)NCCC(=O)NCCCCON. The highest BCUT2D eigenvalue weighted by Gasteiger charge is 2.13. The van der Waals surface area contributed by atoms with Crippen molar-refractivity contribution < 1.29 is 47.7 Å². The summed E-state index contributed by atoms with van der Waals surface area (Å²) >= 11 is 0. The van der Waals surface area contributed by atoms with E-state index in [4.69, 9.17) is 29.6 Å². The fourth-order valence-corrected chi connectivity index (χ4v) is 2.98. The Labute approximate surface area is 243 Å². The molecule has 0 fully saturated rings. The second kappa shape index (κ2) is 29.1. The minimum absolute atomic E-state index is 0.0317. The van der Waals surface area contributed by atoms with Gasteiger partial charge in [-0.05, 0) is 12.8 Å². The first-order valence-corrected chi connectivity index (χ1v) is 14.2. The van der Waals surface area contributed by atoms with E-state index >= 15 is 0 Å². The lowest BCUT2D eigenvalue weighted by molar-refractivity contribution is -0.132. The van der Waals surface area contributed by atoms with Crippen molar-refractivity contribution in [3.63, 3.8) is 0 Å². The molecule has 0 bridgehead atoms. The molecule has 4 amide bonds. The molecule has 6 N–H and O–H groups in total. The van der Waals surface area contributed by atoms with Crippen LogP contribution in [-0.4, -0.2) is 122 Å². The van der Waals surface area contributed by atoms with Gasteiger partial charge in [0.05, 0.1) is 59.5 Å². The summed E-state index contributed by atoms with van der Waals surface area (Å²) in [5.41, 5.74) is 0. The molecule has 0 radical (unpaired) electrons. The molecule has 0 aromatic heterocycles. The molecule has 0 saturated carbocycles. The quantitative estimate of drug-likeness (QED) is 0.0515. The second-order valence-electron chi connectivity index (χ2n) is 8.74. The van der Waals surface area contributed by atoms with Gasteiger partial charge in [0.1, 0.15) is 12.7 Å². The Bertz CT molecular complexity index is 655. The van der Waals surface area contributed by atoms with E-state index in [1.165, 1.54) is 0 Å². The van der Waals surface area contributed by atoms with Crippen molar-refractivity contribution >= 4 is 23.6 Å². The van der Waals surface area contributed by atoms with Crippen LogP contribution in [0.4, 0.5) is 0 Å². The number of carbonyl (C=O) groups excluding carboxylic acids is 4. The monoisotopic (exact) mass is 593 g/mol. The van der Waals surface area contributed by atoms with Crippen LogP contribution in [0, 0.1) is 0 Å². The van der Waals surface area contributed by atoms with Crippen LogP contribution >= 0.6 is 0 Å². The number of ether oxygens (including phenoxy) is 5. The fraction of sp³-hybridized carbons (Fsp3) is 0.846. The molecule has 0 rings (SSSR count). The van der Waals surface area contributed by atoms with Crippen LogP contribution in [0.15, 0.2) is 0 Å². The zero-order chi connectivity index (χ0) is 30.4. The summed E-state index contributed by atoms with van der Waals surface area (Å²) < 4.78 is 27.7. The lowest BCUT2D eigenvalue weighted by Gasteiger charge is -2.18. The third-order valence-corrected chi connectivity index (χ3v) is 5.27. The number of nitrogens with two attached hydrogens (primary N) is 1. The largest absolute Gasteiger partial charge is 0.377 e. The van der Waals surface area contributed by atoms with Gasteiger partial charge < -0.3 is 49.8 Å². The van der Waals surface area contributed by atoms with E-state index < -0.39 is 6.10 Å². The average Bonchev–Trinajstić information content (AvgIpc) is 2.97. The molecule has 0 atom stereocenters. The van der Waals surface area contributed by atoms with Crippen LogP contribution < -0.4 is 27.2 Å². The van der Waals surface area contributed by atoms with E-state index in [0.29, 0.717) is 78.7 Å². The molecule has 41 heavy (non-hydrogen) atoms. The summed E-state index contributed by atoms with van der Waals surface area (Å²) in [4.78, 5) is 50.9. The third-order valence-electron chi connectivity index (χ3n) is 5.27. The van der Waals surface area contributed by atoms with E-state index in [0.717, 1.165) is 12.8 Å². The number of hydrogen-bond acceptors (Lipinski definition) is 11. The molecule has 0 aromatic carbocycles. The van der Waals surface area contributed by atoms with Crippen molar-refractivity contribution in [2.75, 3.05) is 92.2 Å². The number of carbonyl (C=O) groups is 4. The van der Waals surface area contributed by atoms with Gasteiger partial charge in [0.15, 0.2) is 0 Å². The summed E-state index contributed by atoms with van der Waals surface area (Å²) in [6, 6.07) is 0. The van der Waals surface area contributed by atoms with Crippen LogP contribution in [0.5, 0.6) is 0 Å². The summed E-state index contributed by atoms with van der Waals surface area (Å²) in [7, 11) is 0. The van der Waals surface area contributed by atoms with Crippen molar-refractivity contribution in [2.45, 2.75) is 52.1 Å². The zero-order valence-corrected chi connectivity index (χ0v) is 24.7. The predicted molar refractivity (Wildman–Crippen MR) is 150 cm³/mol. The molecule has 0 saturated heterocycles. The van der Waals surface area contributed by atoms with Crippen molar-refractivity contribution in [3.05, 3.63) is 0 Å². The third kappa shape index (κ3) is 27.5. The summed E-state index contributed by atoms with van der Waals surface area (Å²) in [6.07, 6.45) is 1.98. The molecular weight excluding hydrogens is 542 g/mol. The average molecular weight is 594 g/mol. The second-order valence-corrected chi connectivity index (χ2v) is 8.74. The van der Waals surface area contributed by atoms with Crippen LogP contribution in [0.25, 0.3) is 0 Å². The van der Waals surface area contributed by atoms with Crippen molar-refractivity contribution in [1.82, 2.24) is 21.3 Å². The Morgan fingerprint density at radius 2 is 1.10 bits per heavy atom. The Kier molecular flexibility index (Phi) is 27.4. The van der Waals surface area contributed by atoms with Gasteiger partial charge in [-0.3, -0.25) is 19.2 Å². The van der Waals surface area contributed by atoms with Crippen LogP contribution in [-0.2, 0) is 47.7 Å². The highest BCUT2D eigenvalue weighted by atomic mass is 16.6. The van der Waals surface area contributed by atoms with E-state index in [-0.39, 0.29) is 56.4 Å². The van der Waals surface area contributed by atoms with Crippen LogP contribution in [0.2, 0.25) is 0 Å². The lowest BCUT2D eigenvalue weighted by atomic mass is 10.3. The minimum atomic E-state index is -0.519. The van der Waals surface area contributed by atoms with Crippen molar-refractivity contribution in [2.24, 2.45) is 5.90 Å². The van der Waals surface area contributed by atoms with Crippen molar-refractivity contribution in [3.8, 4) is 0 Å². The van der Waals surface area contributed by atoms with E-state index in [1.807, 2.05) is 0 Å². The van der Waals surface area contributed by atoms with E-state index in [1.54, 1.807) is 13.8 Å². The highest BCUT2D eigenvalue weighted by molar-refractivity contribution is 5.79. The van der Waals surface area contributed by atoms with Crippen LogP contribution in [0.3, 0.4) is 0 Å². The summed E-state index contributed by atoms with van der Waals surface area (Å²) in [5, 5.41) is 10.9. The molecule has 0 aliphatic heterocycles. The Morgan fingerprint density at radius 3 is 1.63 bits per heavy atom. The van der Waals surface area contributed by atoms with E-state index in [9.17, 15) is 19.2 Å². The Balaban J connectivity index is 4.21. The maximum absolute atomic E-state index is 12.2. The van der Waals surface area contributed by atoms with Crippen LogP contribution in [0.1, 0.15) is 46.0 Å². The van der Waals surface area contributed by atoms with Gasteiger partial charge in [-0.2, -0.15) is 0 Å². The van der Waals surface area contributed by atoms with Gasteiger partial charge in [-0.25, -0.2) is 5.90 Å². The molecule has 15 heteroatoms. The molecule has 0 heterocycles. The number of unbranched alkanes of at least 4 members (excludes halogenated alkanes) is 1. The fourth-order valence-electron chi connectivity index (χ4n) is 2.98. The van der Waals surface area contributed by atoms with Crippen molar-refractivity contribution in [1.29, 1.82) is 0 Å². The molecular formula is C26H51N5O10. The maximum atomic E-state index is 12.2. The molecule has 0 spiro atoms. The van der Waals surface area contributed by atoms with Gasteiger partial charge >= 0.3 is 0 Å².